The van der Waals surface area contributed by atoms with E-state index < -0.39 is 5.91 Å². The molecule has 1 atom stereocenters. The number of hydrogen-bond acceptors (Lipinski definition) is 5. The number of amidine groups is 2. The molecule has 2 heterocycles. The zero-order chi connectivity index (χ0) is 20.4. The third-order valence-corrected chi connectivity index (χ3v) is 5.62. The van der Waals surface area contributed by atoms with Crippen molar-refractivity contribution in [3.8, 4) is 5.75 Å². The van der Waals surface area contributed by atoms with Gasteiger partial charge in [0.1, 0.15) is 16.9 Å². The van der Waals surface area contributed by atoms with Crippen LogP contribution in [0.2, 0.25) is 0 Å². The van der Waals surface area contributed by atoms with Gasteiger partial charge in [-0.15, -0.1) is 0 Å². The van der Waals surface area contributed by atoms with Crippen molar-refractivity contribution in [2.24, 2.45) is 10.1 Å². The number of carbonyl (C=O) groups excluding carboxylic acids is 1. The first kappa shape index (κ1) is 19.1. The van der Waals surface area contributed by atoms with Gasteiger partial charge in [-0.2, -0.15) is 15.1 Å². The molecule has 0 saturated heterocycles. The summed E-state index contributed by atoms with van der Waals surface area (Å²) in [6.45, 7) is 3.98. The van der Waals surface area contributed by atoms with E-state index in [1.807, 2.05) is 68.4 Å². The van der Waals surface area contributed by atoms with Gasteiger partial charge in [0.2, 0.25) is 5.17 Å². The van der Waals surface area contributed by atoms with Crippen molar-refractivity contribution in [1.29, 1.82) is 5.41 Å². The molecule has 2 aromatic rings. The highest BCUT2D eigenvalue weighted by molar-refractivity contribution is 8.26. The van der Waals surface area contributed by atoms with Crippen molar-refractivity contribution in [3.05, 3.63) is 71.3 Å². The first-order chi connectivity index (χ1) is 14.0. The minimum atomic E-state index is -0.417. The molecule has 2 aromatic carbocycles. The van der Waals surface area contributed by atoms with Crippen LogP contribution in [0.15, 0.2) is 70.3 Å². The summed E-state index contributed by atoms with van der Waals surface area (Å²) in [4.78, 5) is 16.5. The second-order valence-electron chi connectivity index (χ2n) is 6.61. The highest BCUT2D eigenvalue weighted by Gasteiger charge is 2.35. The molecule has 1 N–H and O–H groups in total. The maximum absolute atomic E-state index is 12.4. The molecule has 0 aromatic heterocycles. The molecule has 0 saturated carbocycles. The number of hydrogen-bond donors (Lipinski definition) is 1. The number of rotatable bonds is 5. The van der Waals surface area contributed by atoms with Gasteiger partial charge in [-0.3, -0.25) is 10.2 Å². The van der Waals surface area contributed by atoms with Gasteiger partial charge in [0.25, 0.3) is 5.91 Å². The number of ether oxygens (including phenoxy) is 1. The van der Waals surface area contributed by atoms with Crippen molar-refractivity contribution in [2.45, 2.75) is 26.4 Å². The van der Waals surface area contributed by atoms with Crippen LogP contribution in [0.3, 0.4) is 0 Å². The largest absolute Gasteiger partial charge is 0.486 e. The molecule has 0 radical (unpaired) electrons. The van der Waals surface area contributed by atoms with E-state index in [4.69, 9.17) is 10.1 Å². The maximum Gasteiger partial charge on any atom is 0.283 e. The highest BCUT2D eigenvalue weighted by atomic mass is 32.2. The van der Waals surface area contributed by atoms with E-state index in [9.17, 15) is 4.79 Å². The van der Waals surface area contributed by atoms with Crippen LogP contribution < -0.4 is 4.74 Å². The predicted molar refractivity (Wildman–Crippen MR) is 117 cm³/mol. The van der Waals surface area contributed by atoms with E-state index in [2.05, 4.69) is 10.1 Å². The molecule has 29 heavy (non-hydrogen) atoms. The van der Waals surface area contributed by atoms with E-state index in [1.165, 1.54) is 16.8 Å². The van der Waals surface area contributed by atoms with Crippen LogP contribution in [-0.2, 0) is 4.79 Å². The van der Waals surface area contributed by atoms with Crippen LogP contribution >= 0.6 is 11.8 Å². The third kappa shape index (κ3) is 4.00. The van der Waals surface area contributed by atoms with E-state index in [1.54, 1.807) is 6.08 Å². The summed E-state index contributed by atoms with van der Waals surface area (Å²) >= 11 is 1.34. The summed E-state index contributed by atoms with van der Waals surface area (Å²) in [7, 11) is 0. The number of aliphatic imine (C=N–C) groups is 1. The Labute approximate surface area is 173 Å². The van der Waals surface area contributed by atoms with Gasteiger partial charge in [0, 0.05) is 0 Å². The SMILES string of the molecule is CCC1=NN2C(=N)/C(=C\c3ccc(O[C@@H](C)c4ccccc4)cc3)C(=O)N=C2S1. The molecule has 7 heteroatoms. The van der Waals surface area contributed by atoms with Gasteiger partial charge in [0.05, 0.1) is 5.57 Å². The minimum absolute atomic E-state index is 0.0500. The third-order valence-electron chi connectivity index (χ3n) is 4.57. The van der Waals surface area contributed by atoms with E-state index in [-0.39, 0.29) is 17.5 Å². The summed E-state index contributed by atoms with van der Waals surface area (Å²) in [5, 5.41) is 15.4. The molecule has 4 rings (SSSR count). The van der Waals surface area contributed by atoms with Gasteiger partial charge < -0.3 is 4.74 Å². The molecule has 2 aliphatic rings. The van der Waals surface area contributed by atoms with Crippen LogP contribution in [0.25, 0.3) is 6.08 Å². The smallest absolute Gasteiger partial charge is 0.283 e. The number of carbonyl (C=O) groups is 1. The average molecular weight is 404 g/mol. The number of amides is 1. The Hall–Kier alpha value is -3.19. The normalized spacial score (nSPS) is 18.4. The van der Waals surface area contributed by atoms with Crippen LogP contribution in [0.1, 0.15) is 37.5 Å². The molecule has 0 aliphatic carbocycles. The average Bonchev–Trinajstić information content (AvgIpc) is 3.16. The highest BCUT2D eigenvalue weighted by Crippen LogP contribution is 2.29. The molecule has 0 unspecified atom stereocenters. The van der Waals surface area contributed by atoms with Gasteiger partial charge in [0.15, 0.2) is 5.84 Å². The first-order valence-electron chi connectivity index (χ1n) is 9.36. The Balaban J connectivity index is 1.51. The summed E-state index contributed by atoms with van der Waals surface area (Å²) in [5.41, 5.74) is 2.12. The molecular weight excluding hydrogens is 384 g/mol. The molecule has 2 aliphatic heterocycles. The number of benzene rings is 2. The number of nitrogens with zero attached hydrogens (tertiary/aromatic N) is 3. The lowest BCUT2D eigenvalue weighted by molar-refractivity contribution is -0.114. The summed E-state index contributed by atoms with van der Waals surface area (Å²) in [6, 6.07) is 17.4. The van der Waals surface area contributed by atoms with E-state index >= 15 is 0 Å². The zero-order valence-electron chi connectivity index (χ0n) is 16.1. The van der Waals surface area contributed by atoms with Crippen molar-refractivity contribution in [1.82, 2.24) is 5.01 Å². The number of thioether (sulfide) groups is 1. The predicted octanol–water partition coefficient (Wildman–Crippen LogP) is 4.86. The topological polar surface area (TPSA) is 78.1 Å². The van der Waals surface area contributed by atoms with Crippen LogP contribution in [0.5, 0.6) is 5.75 Å². The van der Waals surface area contributed by atoms with Crippen molar-refractivity contribution >= 4 is 39.8 Å². The van der Waals surface area contributed by atoms with Gasteiger partial charge in [-0.05, 0) is 54.4 Å². The molecule has 0 spiro atoms. The zero-order valence-corrected chi connectivity index (χ0v) is 16.9. The summed E-state index contributed by atoms with van der Waals surface area (Å²) in [5.74, 6) is 0.371. The molecular formula is C22H20N4O2S. The van der Waals surface area contributed by atoms with Crippen LogP contribution in [-0.4, -0.2) is 27.0 Å². The Kier molecular flexibility index (Phi) is 5.31. The quantitative estimate of drug-likeness (QED) is 0.722. The Morgan fingerprint density at radius 1 is 1.17 bits per heavy atom. The second kappa shape index (κ2) is 8.05. The fourth-order valence-corrected chi connectivity index (χ4v) is 3.80. The van der Waals surface area contributed by atoms with Crippen LogP contribution in [0.4, 0.5) is 0 Å². The fourth-order valence-electron chi connectivity index (χ4n) is 2.98. The van der Waals surface area contributed by atoms with Crippen molar-refractivity contribution in [3.63, 3.8) is 0 Å². The lowest BCUT2D eigenvalue weighted by Gasteiger charge is -2.20. The van der Waals surface area contributed by atoms with Gasteiger partial charge >= 0.3 is 0 Å². The molecule has 1 amide bonds. The lowest BCUT2D eigenvalue weighted by atomic mass is 10.1. The molecule has 0 bridgehead atoms. The minimum Gasteiger partial charge on any atom is -0.486 e. The standard InChI is InChI=1S/C22H20N4O2S/c1-3-19-25-26-20(23)18(21(27)24-22(26)29-19)13-15-9-11-17(12-10-15)28-14(2)16-7-5-4-6-8-16/h4-14,23H,3H2,1-2H3/b18-13+,23-20?/t14-/m0/s1. The number of fused-ring (bicyclic) bond motifs is 1. The Bertz CT molecular complexity index is 1040. The lowest BCUT2D eigenvalue weighted by Crippen LogP contribution is -2.35. The van der Waals surface area contributed by atoms with Crippen molar-refractivity contribution in [2.75, 3.05) is 0 Å². The van der Waals surface area contributed by atoms with Gasteiger partial charge in [-0.25, -0.2) is 0 Å². The van der Waals surface area contributed by atoms with Gasteiger partial charge in [-0.1, -0.05) is 49.4 Å². The molecule has 0 fully saturated rings. The van der Waals surface area contributed by atoms with Crippen LogP contribution in [0, 0.1) is 5.41 Å². The fraction of sp³-hybridized carbons (Fsp3) is 0.182. The van der Waals surface area contributed by atoms with E-state index in [0.717, 1.165) is 28.3 Å². The molecule has 146 valence electrons. The monoisotopic (exact) mass is 404 g/mol. The number of hydrazone groups is 1. The summed E-state index contributed by atoms with van der Waals surface area (Å²) < 4.78 is 5.99. The maximum atomic E-state index is 12.4. The Morgan fingerprint density at radius 3 is 2.59 bits per heavy atom. The number of nitrogens with one attached hydrogen (secondary N) is 1. The Morgan fingerprint density at radius 2 is 1.90 bits per heavy atom. The molecule has 6 nitrogen and oxygen atoms in total. The summed E-state index contributed by atoms with van der Waals surface area (Å²) in [6.07, 6.45) is 2.34. The first-order valence-corrected chi connectivity index (χ1v) is 10.2. The van der Waals surface area contributed by atoms with E-state index in [0.29, 0.717) is 5.17 Å². The second-order valence-corrected chi connectivity index (χ2v) is 7.65. The van der Waals surface area contributed by atoms with Crippen molar-refractivity contribution < 1.29 is 9.53 Å².